The van der Waals surface area contributed by atoms with Crippen LogP contribution in [0, 0.1) is 23.0 Å². The number of rotatable bonds is 5. The van der Waals surface area contributed by atoms with Gasteiger partial charge in [0, 0.05) is 17.9 Å². The summed E-state index contributed by atoms with van der Waals surface area (Å²) in [5, 5.41) is 19.7. The monoisotopic (exact) mass is 473 g/mol. The summed E-state index contributed by atoms with van der Waals surface area (Å²) in [7, 11) is 0. The Morgan fingerprint density at radius 1 is 1.06 bits per heavy atom. The second-order valence-electron chi connectivity index (χ2n) is 9.32. The van der Waals surface area contributed by atoms with E-state index in [-0.39, 0.29) is 13.0 Å². The molecule has 1 saturated heterocycles. The quantitative estimate of drug-likeness (QED) is 0.682. The van der Waals surface area contributed by atoms with E-state index < -0.39 is 53.3 Å². The molecular weight excluding hydrogens is 447 g/mol. The number of halogens is 3. The van der Waals surface area contributed by atoms with E-state index in [1.807, 2.05) is 6.07 Å². The van der Waals surface area contributed by atoms with Crippen molar-refractivity contribution in [3.05, 3.63) is 71.3 Å². The highest BCUT2D eigenvalue weighted by molar-refractivity contribution is 5.88. The highest BCUT2D eigenvalue weighted by Gasteiger charge is 2.48. The molecule has 2 aromatic carbocycles. The van der Waals surface area contributed by atoms with Crippen molar-refractivity contribution in [1.29, 1.82) is 5.26 Å². The molecule has 1 heterocycles. The summed E-state index contributed by atoms with van der Waals surface area (Å²) in [4.78, 5) is 28.5. The third-order valence-corrected chi connectivity index (χ3v) is 5.92. The standard InChI is InChI=1S/C25H26F3N3O3/c1-25(2,3)31(24(33)34)22(23(32)30-14-19(28)12-20(30)13-29)21(15-4-8-17(26)9-5-15)16-6-10-18(27)11-7-16/h4-11,19-22H,12,14H2,1-3H3,(H,33,34)/t19-,20-,22-/m0/s1. The number of likely N-dealkylation sites (tertiary alicyclic amines) is 1. The molecule has 1 aliphatic heterocycles. The molecule has 3 atom stereocenters. The minimum Gasteiger partial charge on any atom is -0.465 e. The molecule has 0 bridgehead atoms. The van der Waals surface area contributed by atoms with Gasteiger partial charge in [-0.1, -0.05) is 24.3 Å². The van der Waals surface area contributed by atoms with Crippen molar-refractivity contribution < 1.29 is 27.9 Å². The Bertz CT molecular complexity index is 1030. The van der Waals surface area contributed by atoms with Crippen molar-refractivity contribution >= 4 is 12.0 Å². The lowest BCUT2D eigenvalue weighted by Gasteiger charge is -2.44. The smallest absolute Gasteiger partial charge is 0.408 e. The molecule has 0 spiro atoms. The lowest BCUT2D eigenvalue weighted by Crippen LogP contribution is -2.60. The first-order chi connectivity index (χ1) is 15.9. The van der Waals surface area contributed by atoms with Crippen LogP contribution in [0.4, 0.5) is 18.0 Å². The molecule has 0 aromatic heterocycles. The van der Waals surface area contributed by atoms with E-state index in [0.717, 1.165) is 9.80 Å². The summed E-state index contributed by atoms with van der Waals surface area (Å²) in [5.74, 6) is -2.79. The fourth-order valence-corrected chi connectivity index (χ4v) is 4.44. The van der Waals surface area contributed by atoms with Crippen LogP contribution in [0.5, 0.6) is 0 Å². The van der Waals surface area contributed by atoms with Gasteiger partial charge >= 0.3 is 6.09 Å². The van der Waals surface area contributed by atoms with Crippen LogP contribution in [0.2, 0.25) is 0 Å². The first-order valence-electron chi connectivity index (χ1n) is 10.8. The molecule has 1 N–H and O–H groups in total. The number of hydrogen-bond acceptors (Lipinski definition) is 3. The number of benzene rings is 2. The third kappa shape index (κ3) is 5.16. The predicted molar refractivity (Wildman–Crippen MR) is 119 cm³/mol. The average molecular weight is 473 g/mol. The maximum atomic E-state index is 14.2. The van der Waals surface area contributed by atoms with Crippen molar-refractivity contribution in [2.24, 2.45) is 0 Å². The van der Waals surface area contributed by atoms with Gasteiger partial charge in [-0.2, -0.15) is 5.26 Å². The van der Waals surface area contributed by atoms with E-state index in [9.17, 15) is 33.1 Å². The Balaban J connectivity index is 2.26. The fraction of sp³-hybridized carbons (Fsp3) is 0.400. The van der Waals surface area contributed by atoms with Crippen LogP contribution in [0.15, 0.2) is 48.5 Å². The lowest BCUT2D eigenvalue weighted by molar-refractivity contribution is -0.139. The molecule has 9 heteroatoms. The van der Waals surface area contributed by atoms with Gasteiger partial charge in [-0.15, -0.1) is 0 Å². The molecular formula is C25H26F3N3O3. The van der Waals surface area contributed by atoms with Gasteiger partial charge in [0.1, 0.15) is 29.9 Å². The van der Waals surface area contributed by atoms with Crippen LogP contribution in [-0.2, 0) is 4.79 Å². The first kappa shape index (κ1) is 25.1. The summed E-state index contributed by atoms with van der Waals surface area (Å²) >= 11 is 0. The normalized spacial score (nSPS) is 19.1. The number of amides is 2. The molecule has 0 unspecified atom stereocenters. The van der Waals surface area contributed by atoms with Crippen molar-refractivity contribution in [3.63, 3.8) is 0 Å². The minimum atomic E-state index is -1.44. The number of carbonyl (C=O) groups is 2. The van der Waals surface area contributed by atoms with E-state index in [1.54, 1.807) is 20.8 Å². The summed E-state index contributed by atoms with van der Waals surface area (Å²) < 4.78 is 41.6. The Labute approximate surface area is 196 Å². The van der Waals surface area contributed by atoms with Crippen LogP contribution in [0.1, 0.15) is 44.2 Å². The van der Waals surface area contributed by atoms with E-state index in [4.69, 9.17) is 0 Å². The zero-order valence-corrected chi connectivity index (χ0v) is 19.1. The fourth-order valence-electron chi connectivity index (χ4n) is 4.44. The van der Waals surface area contributed by atoms with Gasteiger partial charge in [0.25, 0.3) is 0 Å². The Hall–Kier alpha value is -3.54. The Morgan fingerprint density at radius 2 is 1.53 bits per heavy atom. The van der Waals surface area contributed by atoms with Crippen LogP contribution in [0.25, 0.3) is 0 Å². The lowest BCUT2D eigenvalue weighted by atomic mass is 9.82. The SMILES string of the molecule is CC(C)(C)N(C(=O)O)[C@H](C(=O)N1C[C@@H](F)C[C@H]1C#N)C(c1ccc(F)cc1)c1ccc(F)cc1. The average Bonchev–Trinajstić information content (AvgIpc) is 3.14. The van der Waals surface area contributed by atoms with E-state index >= 15 is 0 Å². The molecule has 0 aliphatic carbocycles. The van der Waals surface area contributed by atoms with Crippen LogP contribution in [0.3, 0.4) is 0 Å². The number of alkyl halides is 1. The molecule has 2 aromatic rings. The summed E-state index contributed by atoms with van der Waals surface area (Å²) in [6.07, 6.45) is -2.99. The first-order valence-corrected chi connectivity index (χ1v) is 10.8. The third-order valence-electron chi connectivity index (χ3n) is 5.92. The molecule has 0 radical (unpaired) electrons. The zero-order valence-electron chi connectivity index (χ0n) is 19.1. The van der Waals surface area contributed by atoms with Gasteiger partial charge in [0.2, 0.25) is 5.91 Å². The largest absolute Gasteiger partial charge is 0.465 e. The second-order valence-corrected chi connectivity index (χ2v) is 9.32. The summed E-state index contributed by atoms with van der Waals surface area (Å²) in [5.41, 5.74) is -0.265. The van der Waals surface area contributed by atoms with E-state index in [2.05, 4.69) is 0 Å². The topological polar surface area (TPSA) is 84.6 Å². The molecule has 6 nitrogen and oxygen atoms in total. The number of nitrogens with zero attached hydrogens (tertiary/aromatic N) is 3. The van der Waals surface area contributed by atoms with Gasteiger partial charge in [-0.05, 0) is 56.2 Å². The summed E-state index contributed by atoms with van der Waals surface area (Å²) in [6.45, 7) is 4.48. The Morgan fingerprint density at radius 3 is 1.91 bits per heavy atom. The van der Waals surface area contributed by atoms with Gasteiger partial charge in [0.05, 0.1) is 12.6 Å². The minimum absolute atomic E-state index is 0.171. The maximum absolute atomic E-state index is 14.2. The molecule has 180 valence electrons. The molecule has 34 heavy (non-hydrogen) atoms. The highest BCUT2D eigenvalue weighted by atomic mass is 19.1. The number of nitriles is 1. The number of carbonyl (C=O) groups excluding carboxylic acids is 1. The second kappa shape index (κ2) is 9.75. The van der Waals surface area contributed by atoms with Crippen LogP contribution in [-0.4, -0.2) is 57.2 Å². The number of hydrogen-bond donors (Lipinski definition) is 1. The van der Waals surface area contributed by atoms with E-state index in [0.29, 0.717) is 11.1 Å². The van der Waals surface area contributed by atoms with Gasteiger partial charge in [0.15, 0.2) is 0 Å². The van der Waals surface area contributed by atoms with Crippen LogP contribution >= 0.6 is 0 Å². The van der Waals surface area contributed by atoms with E-state index in [1.165, 1.54) is 48.5 Å². The van der Waals surface area contributed by atoms with Gasteiger partial charge < -0.3 is 10.0 Å². The van der Waals surface area contributed by atoms with Crippen molar-refractivity contribution in [3.8, 4) is 6.07 Å². The van der Waals surface area contributed by atoms with Gasteiger partial charge in [-0.25, -0.2) is 18.0 Å². The molecule has 1 fully saturated rings. The van der Waals surface area contributed by atoms with Crippen molar-refractivity contribution in [2.75, 3.05) is 6.54 Å². The van der Waals surface area contributed by atoms with Gasteiger partial charge in [-0.3, -0.25) is 9.69 Å². The molecule has 0 saturated carbocycles. The Kier molecular flexibility index (Phi) is 7.20. The van der Waals surface area contributed by atoms with Crippen molar-refractivity contribution in [1.82, 2.24) is 9.80 Å². The maximum Gasteiger partial charge on any atom is 0.408 e. The van der Waals surface area contributed by atoms with Crippen molar-refractivity contribution in [2.45, 2.75) is 56.9 Å². The number of carboxylic acid groups (broad SMARTS) is 1. The molecule has 1 aliphatic rings. The molecule has 3 rings (SSSR count). The van der Waals surface area contributed by atoms with Crippen LogP contribution < -0.4 is 0 Å². The summed E-state index contributed by atoms with van der Waals surface area (Å²) in [6, 6.07) is 9.87. The highest BCUT2D eigenvalue weighted by Crippen LogP contribution is 2.37. The molecule has 2 amide bonds. The zero-order chi connectivity index (χ0) is 25.2. The predicted octanol–water partition coefficient (Wildman–Crippen LogP) is 4.71.